The summed E-state index contributed by atoms with van der Waals surface area (Å²) >= 11 is 9.40. The van der Waals surface area contributed by atoms with Crippen LogP contribution in [0.25, 0.3) is 11.1 Å². The van der Waals surface area contributed by atoms with E-state index in [0.29, 0.717) is 0 Å². The highest BCUT2D eigenvalue weighted by Crippen LogP contribution is 2.26. The molecule has 0 aliphatic rings. The fourth-order valence-corrected chi connectivity index (χ4v) is 2.21. The topological polar surface area (TPSA) is 0 Å². The van der Waals surface area contributed by atoms with Crippen molar-refractivity contribution in [2.45, 2.75) is 0 Å². The van der Waals surface area contributed by atoms with Gasteiger partial charge < -0.3 is 0 Å². The molecule has 0 aromatic heterocycles. The second kappa shape index (κ2) is 4.16. The Hall–Kier alpha value is -0.790. The average Bonchev–Trinajstić information content (AvgIpc) is 2.18. The summed E-state index contributed by atoms with van der Waals surface area (Å²) in [6.07, 6.45) is 0. The summed E-state index contributed by atoms with van der Waals surface area (Å²) in [5, 5.41) is 0.748. The van der Waals surface area contributed by atoms with Crippen molar-refractivity contribution in [3.63, 3.8) is 0 Å². The van der Waals surface area contributed by atoms with E-state index in [1.165, 1.54) is 5.56 Å². The fourth-order valence-electron chi connectivity index (χ4n) is 1.35. The predicted molar refractivity (Wildman–Crippen MR) is 64.6 cm³/mol. The monoisotopic (exact) mass is 266 g/mol. The molecule has 0 atom stereocenters. The zero-order valence-electron chi connectivity index (χ0n) is 7.37. The molecule has 2 aromatic rings. The van der Waals surface area contributed by atoms with Crippen LogP contribution in [0, 0.1) is 0 Å². The Labute approximate surface area is 96.7 Å². The third-order valence-corrected chi connectivity index (χ3v) is 2.65. The molecule has 0 nitrogen and oxygen atoms in total. The summed E-state index contributed by atoms with van der Waals surface area (Å²) < 4.78 is 1.00. The minimum atomic E-state index is 0.748. The lowest BCUT2D eigenvalue weighted by molar-refractivity contribution is 1.59. The molecule has 0 amide bonds. The van der Waals surface area contributed by atoms with Crippen LogP contribution in [0.3, 0.4) is 0 Å². The van der Waals surface area contributed by atoms with Crippen molar-refractivity contribution < 1.29 is 0 Å². The largest absolute Gasteiger partial charge is 0.0843 e. The molecule has 0 aliphatic heterocycles. The van der Waals surface area contributed by atoms with Crippen LogP contribution < -0.4 is 0 Å². The summed E-state index contributed by atoms with van der Waals surface area (Å²) in [6.45, 7) is 0. The molecule has 0 bridgehead atoms. The summed E-state index contributed by atoms with van der Waals surface area (Å²) in [5.41, 5.74) is 2.31. The van der Waals surface area contributed by atoms with Gasteiger partial charge in [0.05, 0.1) is 0 Å². The van der Waals surface area contributed by atoms with Gasteiger partial charge in [0.25, 0.3) is 0 Å². The molecule has 0 radical (unpaired) electrons. The van der Waals surface area contributed by atoms with Crippen LogP contribution in [0.1, 0.15) is 0 Å². The maximum absolute atomic E-state index is 5.97. The van der Waals surface area contributed by atoms with Crippen molar-refractivity contribution in [1.82, 2.24) is 0 Å². The molecule has 0 saturated heterocycles. The Morgan fingerprint density at radius 3 is 2.21 bits per heavy atom. The van der Waals surface area contributed by atoms with Crippen molar-refractivity contribution in [3.05, 3.63) is 58.0 Å². The molecule has 2 aromatic carbocycles. The molecule has 0 unspecified atom stereocenters. The molecule has 0 heterocycles. The lowest BCUT2D eigenvalue weighted by Gasteiger charge is -2.02. The highest BCUT2D eigenvalue weighted by molar-refractivity contribution is 9.10. The SMILES string of the molecule is Clc1cc(Br)cc(-c2ccccc2)c1. The van der Waals surface area contributed by atoms with E-state index < -0.39 is 0 Å². The molecule has 0 spiro atoms. The Kier molecular flexibility index (Phi) is 2.90. The van der Waals surface area contributed by atoms with Crippen LogP contribution in [-0.2, 0) is 0 Å². The van der Waals surface area contributed by atoms with Gasteiger partial charge in [-0.2, -0.15) is 0 Å². The van der Waals surface area contributed by atoms with Gasteiger partial charge in [-0.05, 0) is 29.3 Å². The van der Waals surface area contributed by atoms with E-state index >= 15 is 0 Å². The van der Waals surface area contributed by atoms with Crippen LogP contribution >= 0.6 is 27.5 Å². The molecule has 70 valence electrons. The van der Waals surface area contributed by atoms with Gasteiger partial charge in [0.2, 0.25) is 0 Å². The van der Waals surface area contributed by atoms with Gasteiger partial charge in [0, 0.05) is 9.50 Å². The van der Waals surface area contributed by atoms with Gasteiger partial charge in [-0.25, -0.2) is 0 Å². The Balaban J connectivity index is 2.52. The highest BCUT2D eigenvalue weighted by atomic mass is 79.9. The number of halogens is 2. The normalized spacial score (nSPS) is 10.1. The van der Waals surface area contributed by atoms with E-state index in [-0.39, 0.29) is 0 Å². The molecular weight excluding hydrogens is 259 g/mol. The van der Waals surface area contributed by atoms with E-state index in [4.69, 9.17) is 11.6 Å². The summed E-state index contributed by atoms with van der Waals surface area (Å²) in [4.78, 5) is 0. The van der Waals surface area contributed by atoms with Gasteiger partial charge in [0.15, 0.2) is 0 Å². The maximum atomic E-state index is 5.97. The van der Waals surface area contributed by atoms with Gasteiger partial charge in [0.1, 0.15) is 0 Å². The van der Waals surface area contributed by atoms with Crippen LogP contribution in [-0.4, -0.2) is 0 Å². The number of hydrogen-bond acceptors (Lipinski definition) is 0. The van der Waals surface area contributed by atoms with Crippen molar-refractivity contribution in [3.8, 4) is 11.1 Å². The highest BCUT2D eigenvalue weighted by Gasteiger charge is 1.99. The Morgan fingerprint density at radius 1 is 0.857 bits per heavy atom. The molecule has 2 heteroatoms. The maximum Gasteiger partial charge on any atom is 0.0423 e. The van der Waals surface area contributed by atoms with E-state index in [1.807, 2.05) is 30.3 Å². The Morgan fingerprint density at radius 2 is 1.57 bits per heavy atom. The van der Waals surface area contributed by atoms with E-state index in [0.717, 1.165) is 15.1 Å². The third kappa shape index (κ3) is 2.17. The second-order valence-corrected chi connectivity index (χ2v) is 4.38. The fraction of sp³-hybridized carbons (Fsp3) is 0. The lowest BCUT2D eigenvalue weighted by Crippen LogP contribution is -1.77. The van der Waals surface area contributed by atoms with Gasteiger partial charge in [-0.3, -0.25) is 0 Å². The second-order valence-electron chi connectivity index (χ2n) is 3.02. The molecule has 2 rings (SSSR count). The first kappa shape index (κ1) is 9.75. The lowest BCUT2D eigenvalue weighted by atomic mass is 10.1. The van der Waals surface area contributed by atoms with Crippen molar-refractivity contribution in [2.75, 3.05) is 0 Å². The third-order valence-electron chi connectivity index (χ3n) is 1.97. The molecule has 0 saturated carbocycles. The van der Waals surface area contributed by atoms with E-state index in [9.17, 15) is 0 Å². The van der Waals surface area contributed by atoms with Crippen LogP contribution in [0.5, 0.6) is 0 Å². The van der Waals surface area contributed by atoms with Crippen LogP contribution in [0.4, 0.5) is 0 Å². The Bertz CT molecular complexity index is 417. The van der Waals surface area contributed by atoms with Crippen LogP contribution in [0.2, 0.25) is 5.02 Å². The average molecular weight is 268 g/mol. The van der Waals surface area contributed by atoms with Gasteiger partial charge in [-0.15, -0.1) is 0 Å². The van der Waals surface area contributed by atoms with Crippen molar-refractivity contribution in [2.24, 2.45) is 0 Å². The summed E-state index contributed by atoms with van der Waals surface area (Å²) in [7, 11) is 0. The van der Waals surface area contributed by atoms with Crippen LogP contribution in [0.15, 0.2) is 53.0 Å². The molecule has 14 heavy (non-hydrogen) atoms. The standard InChI is InChI=1S/C12H8BrCl/c13-11-6-10(7-12(14)8-11)9-4-2-1-3-5-9/h1-8H. The number of rotatable bonds is 1. The number of benzene rings is 2. The van der Waals surface area contributed by atoms with Gasteiger partial charge in [-0.1, -0.05) is 57.9 Å². The number of hydrogen-bond donors (Lipinski definition) is 0. The molecular formula is C12H8BrCl. The zero-order valence-corrected chi connectivity index (χ0v) is 9.72. The minimum absolute atomic E-state index is 0.748. The van der Waals surface area contributed by atoms with E-state index in [1.54, 1.807) is 0 Å². The van der Waals surface area contributed by atoms with Crippen molar-refractivity contribution >= 4 is 27.5 Å². The minimum Gasteiger partial charge on any atom is -0.0843 e. The molecule has 0 fully saturated rings. The van der Waals surface area contributed by atoms with Crippen molar-refractivity contribution in [1.29, 1.82) is 0 Å². The first-order chi connectivity index (χ1) is 6.75. The quantitative estimate of drug-likeness (QED) is 0.698. The first-order valence-corrected chi connectivity index (χ1v) is 5.44. The summed E-state index contributed by atoms with van der Waals surface area (Å²) in [5.74, 6) is 0. The van der Waals surface area contributed by atoms with Gasteiger partial charge >= 0.3 is 0 Å². The smallest absolute Gasteiger partial charge is 0.0423 e. The zero-order chi connectivity index (χ0) is 9.97. The molecule has 0 aliphatic carbocycles. The summed E-state index contributed by atoms with van der Waals surface area (Å²) in [6, 6.07) is 16.1. The predicted octanol–water partition coefficient (Wildman–Crippen LogP) is 4.77. The molecule has 0 N–H and O–H groups in total. The first-order valence-electron chi connectivity index (χ1n) is 4.27. The van der Waals surface area contributed by atoms with E-state index in [2.05, 4.69) is 34.1 Å².